The molecule has 0 radical (unpaired) electrons. The van der Waals surface area contributed by atoms with Crippen LogP contribution in [0.2, 0.25) is 0 Å². The van der Waals surface area contributed by atoms with Gasteiger partial charge in [-0.1, -0.05) is 71.7 Å². The predicted molar refractivity (Wildman–Crippen MR) is 116 cm³/mol. The molecule has 6 nitrogen and oxygen atoms in total. The van der Waals surface area contributed by atoms with Crippen molar-refractivity contribution in [2.24, 2.45) is 0 Å². The van der Waals surface area contributed by atoms with Crippen LogP contribution in [0.5, 0.6) is 0 Å². The van der Waals surface area contributed by atoms with Crippen molar-refractivity contribution in [1.82, 2.24) is 5.32 Å². The molecular formula is C23H18N2O4S. The molecule has 1 aliphatic carbocycles. The van der Waals surface area contributed by atoms with Gasteiger partial charge in [-0.15, -0.1) is 0 Å². The minimum atomic E-state index is -0.481. The van der Waals surface area contributed by atoms with E-state index in [0.717, 1.165) is 11.3 Å². The second kappa shape index (κ2) is 8.80. The van der Waals surface area contributed by atoms with Gasteiger partial charge in [-0.2, -0.15) is 0 Å². The first-order chi connectivity index (χ1) is 14.6. The van der Waals surface area contributed by atoms with Crippen LogP contribution < -0.4 is 5.32 Å². The van der Waals surface area contributed by atoms with Gasteiger partial charge in [-0.05, 0) is 28.3 Å². The minimum Gasteiger partial charge on any atom is -0.449 e. The molecule has 1 amide bonds. The summed E-state index contributed by atoms with van der Waals surface area (Å²) in [7, 11) is 0. The highest BCUT2D eigenvalue weighted by Gasteiger charge is 2.28. The number of carbonyl (C=O) groups excluding carboxylic acids is 1. The Morgan fingerprint density at radius 1 is 1.07 bits per heavy atom. The number of rotatable bonds is 5. The Hall–Kier alpha value is -3.63. The molecule has 0 saturated heterocycles. The van der Waals surface area contributed by atoms with E-state index < -0.39 is 11.0 Å². The monoisotopic (exact) mass is 418 g/mol. The molecule has 2 aromatic carbocycles. The van der Waals surface area contributed by atoms with Crippen LogP contribution in [0.3, 0.4) is 0 Å². The highest BCUT2D eigenvalue weighted by molar-refractivity contribution is 7.15. The van der Waals surface area contributed by atoms with Crippen LogP contribution in [-0.4, -0.2) is 24.2 Å². The summed E-state index contributed by atoms with van der Waals surface area (Å²) in [6.45, 7) is 0.613. The van der Waals surface area contributed by atoms with E-state index in [0.29, 0.717) is 17.8 Å². The molecule has 1 aliphatic rings. The van der Waals surface area contributed by atoms with Gasteiger partial charge in [0.1, 0.15) is 6.61 Å². The first-order valence-electron chi connectivity index (χ1n) is 9.45. The Morgan fingerprint density at radius 3 is 2.37 bits per heavy atom. The number of nitrogens with one attached hydrogen (secondary N) is 1. The number of alkyl carbamates (subject to hydrolysis) is 1. The topological polar surface area (TPSA) is 81.5 Å². The first-order valence-corrected chi connectivity index (χ1v) is 10.3. The number of benzene rings is 2. The number of hydrogen-bond acceptors (Lipinski definition) is 5. The van der Waals surface area contributed by atoms with Gasteiger partial charge < -0.3 is 10.1 Å². The zero-order chi connectivity index (χ0) is 20.9. The molecule has 0 atom stereocenters. The quantitative estimate of drug-likeness (QED) is 0.275. The lowest BCUT2D eigenvalue weighted by molar-refractivity contribution is -0.380. The molecule has 1 aromatic heterocycles. The lowest BCUT2D eigenvalue weighted by Crippen LogP contribution is -2.26. The van der Waals surface area contributed by atoms with Gasteiger partial charge in [0.2, 0.25) is 0 Å². The molecular weight excluding hydrogens is 400 g/mol. The standard InChI is InChI=1S/C23H18N2O4S/c26-23(24-14-6-5-7-16-12-13-22(30-16)25(27)28)29-15-21-19-10-3-1-8-17(19)18-9-2-4-11-20(18)21/h1-4,8-13,21H,6,14-15H2,(H,24,26). The second-order valence-corrected chi connectivity index (χ2v) is 7.76. The Balaban J connectivity index is 1.28. The van der Waals surface area contributed by atoms with Crippen molar-refractivity contribution in [2.75, 3.05) is 13.2 Å². The average molecular weight is 418 g/mol. The summed E-state index contributed by atoms with van der Waals surface area (Å²) >= 11 is 1.03. The van der Waals surface area contributed by atoms with Gasteiger partial charge in [-0.3, -0.25) is 10.1 Å². The molecule has 0 bridgehead atoms. The van der Waals surface area contributed by atoms with Crippen molar-refractivity contribution in [3.8, 4) is 23.0 Å². The van der Waals surface area contributed by atoms with Crippen molar-refractivity contribution in [1.29, 1.82) is 0 Å². The van der Waals surface area contributed by atoms with Crippen LogP contribution in [0.1, 0.15) is 28.3 Å². The summed E-state index contributed by atoms with van der Waals surface area (Å²) in [6.07, 6.45) is -0.0546. The van der Waals surface area contributed by atoms with E-state index in [1.54, 1.807) is 6.07 Å². The van der Waals surface area contributed by atoms with E-state index in [2.05, 4.69) is 41.4 Å². The summed E-state index contributed by atoms with van der Waals surface area (Å²) < 4.78 is 5.46. The highest BCUT2D eigenvalue weighted by atomic mass is 32.1. The molecule has 4 rings (SSSR count). The summed E-state index contributed by atoms with van der Waals surface area (Å²) in [5.74, 6) is 5.79. The smallest absolute Gasteiger partial charge is 0.407 e. The predicted octanol–water partition coefficient (Wildman–Crippen LogP) is 4.94. The third-order valence-electron chi connectivity index (χ3n) is 4.85. The van der Waals surface area contributed by atoms with Gasteiger partial charge in [0, 0.05) is 24.9 Å². The molecule has 1 heterocycles. The van der Waals surface area contributed by atoms with E-state index in [1.165, 1.54) is 28.3 Å². The van der Waals surface area contributed by atoms with Gasteiger partial charge in [0.25, 0.3) is 0 Å². The fourth-order valence-corrected chi connectivity index (χ4v) is 4.21. The molecule has 1 N–H and O–H groups in total. The average Bonchev–Trinajstić information content (AvgIpc) is 3.35. The number of nitrogens with zero attached hydrogens (tertiary/aromatic N) is 1. The summed E-state index contributed by atoms with van der Waals surface area (Å²) in [5.41, 5.74) is 4.71. The fraction of sp³-hybridized carbons (Fsp3) is 0.174. The summed E-state index contributed by atoms with van der Waals surface area (Å²) in [4.78, 5) is 22.9. The fourth-order valence-electron chi connectivity index (χ4n) is 3.52. The highest BCUT2D eigenvalue weighted by Crippen LogP contribution is 2.44. The molecule has 0 spiro atoms. The summed E-state index contributed by atoms with van der Waals surface area (Å²) in [5, 5.41) is 13.4. The molecule has 0 unspecified atom stereocenters. The lowest BCUT2D eigenvalue weighted by atomic mass is 9.98. The molecule has 7 heteroatoms. The van der Waals surface area contributed by atoms with Crippen LogP contribution in [0, 0.1) is 22.0 Å². The van der Waals surface area contributed by atoms with E-state index in [9.17, 15) is 14.9 Å². The molecule has 3 aromatic rings. The maximum atomic E-state index is 12.1. The van der Waals surface area contributed by atoms with Crippen molar-refractivity contribution < 1.29 is 14.5 Å². The summed E-state index contributed by atoms with van der Waals surface area (Å²) in [6, 6.07) is 19.4. The molecule has 150 valence electrons. The number of amides is 1. The Labute approximate surface area is 177 Å². The lowest BCUT2D eigenvalue weighted by Gasteiger charge is -2.14. The van der Waals surface area contributed by atoms with Crippen molar-refractivity contribution in [2.45, 2.75) is 12.3 Å². The van der Waals surface area contributed by atoms with E-state index in [-0.39, 0.29) is 17.5 Å². The van der Waals surface area contributed by atoms with Crippen LogP contribution >= 0.6 is 11.3 Å². The van der Waals surface area contributed by atoms with Crippen molar-refractivity contribution in [3.63, 3.8) is 0 Å². The largest absolute Gasteiger partial charge is 0.449 e. The zero-order valence-electron chi connectivity index (χ0n) is 16.0. The minimum absolute atomic E-state index is 0.0255. The SMILES string of the molecule is O=C(NCCC#Cc1ccc([N+](=O)[O-])s1)OCC1c2ccccc2-c2ccccc21. The Bertz CT molecular complexity index is 1110. The van der Waals surface area contributed by atoms with Gasteiger partial charge >= 0.3 is 11.1 Å². The van der Waals surface area contributed by atoms with Crippen LogP contribution in [0.25, 0.3) is 11.1 Å². The number of carbonyl (C=O) groups is 1. The maximum Gasteiger partial charge on any atom is 0.407 e. The van der Waals surface area contributed by atoms with Gasteiger partial charge in [0.05, 0.1) is 9.80 Å². The molecule has 0 aliphatic heterocycles. The molecule has 0 fully saturated rings. The normalized spacial score (nSPS) is 11.7. The zero-order valence-corrected chi connectivity index (χ0v) is 16.8. The van der Waals surface area contributed by atoms with Crippen LogP contribution in [0.15, 0.2) is 60.7 Å². The first kappa shape index (κ1) is 19.7. The Kier molecular flexibility index (Phi) is 5.77. The molecule has 30 heavy (non-hydrogen) atoms. The maximum absolute atomic E-state index is 12.1. The third kappa shape index (κ3) is 4.19. The number of ether oxygens (including phenoxy) is 1. The van der Waals surface area contributed by atoms with Crippen LogP contribution in [0.4, 0.5) is 9.80 Å². The van der Waals surface area contributed by atoms with E-state index in [1.807, 2.05) is 24.3 Å². The Morgan fingerprint density at radius 2 is 1.73 bits per heavy atom. The van der Waals surface area contributed by atoms with Crippen molar-refractivity contribution >= 4 is 22.4 Å². The number of nitro groups is 1. The molecule has 0 saturated carbocycles. The second-order valence-electron chi connectivity index (χ2n) is 6.70. The van der Waals surface area contributed by atoms with Gasteiger partial charge in [0.15, 0.2) is 0 Å². The van der Waals surface area contributed by atoms with Crippen molar-refractivity contribution in [3.05, 3.63) is 86.8 Å². The third-order valence-corrected chi connectivity index (χ3v) is 5.80. The van der Waals surface area contributed by atoms with Crippen LogP contribution in [-0.2, 0) is 4.74 Å². The number of thiophene rings is 1. The number of hydrogen-bond donors (Lipinski definition) is 1. The number of fused-ring (bicyclic) bond motifs is 3. The van der Waals surface area contributed by atoms with Gasteiger partial charge in [-0.25, -0.2) is 4.79 Å². The van der Waals surface area contributed by atoms with E-state index >= 15 is 0 Å². The van der Waals surface area contributed by atoms with E-state index in [4.69, 9.17) is 4.74 Å².